The molecule has 2 rings (SSSR count). The summed E-state index contributed by atoms with van der Waals surface area (Å²) in [6, 6.07) is 0. The van der Waals surface area contributed by atoms with E-state index in [-0.39, 0.29) is 0 Å². The van der Waals surface area contributed by atoms with E-state index in [2.05, 4.69) is 20.8 Å². The van der Waals surface area contributed by atoms with E-state index in [1.807, 2.05) is 0 Å². The van der Waals surface area contributed by atoms with Crippen molar-refractivity contribution in [1.82, 2.24) is 0 Å². The van der Waals surface area contributed by atoms with Gasteiger partial charge in [-0.1, -0.05) is 33.6 Å². The van der Waals surface area contributed by atoms with Gasteiger partial charge in [0.15, 0.2) is 0 Å². The zero-order valence-corrected chi connectivity index (χ0v) is 7.30. The maximum Gasteiger partial charge on any atom is -0.0315 e. The lowest BCUT2D eigenvalue weighted by Gasteiger charge is -2.15. The van der Waals surface area contributed by atoms with Gasteiger partial charge in [-0.05, 0) is 29.6 Å². The zero-order chi connectivity index (χ0) is 7.30. The third kappa shape index (κ3) is 0.681. The standard InChI is InChI=1S/C10H18/c1-4-6(3)8-9-7(5-2)10(8)9/h6-10H,4-5H2,1-3H3. The summed E-state index contributed by atoms with van der Waals surface area (Å²) in [7, 11) is 0. The highest BCUT2D eigenvalue weighted by Crippen LogP contribution is 2.76. The van der Waals surface area contributed by atoms with Gasteiger partial charge in [0.1, 0.15) is 0 Å². The third-order valence-electron chi connectivity index (χ3n) is 3.81. The predicted octanol–water partition coefficient (Wildman–Crippen LogP) is 2.93. The van der Waals surface area contributed by atoms with E-state index < -0.39 is 0 Å². The van der Waals surface area contributed by atoms with E-state index in [0.29, 0.717) is 0 Å². The van der Waals surface area contributed by atoms with Crippen molar-refractivity contribution in [2.75, 3.05) is 0 Å². The van der Waals surface area contributed by atoms with Gasteiger partial charge >= 0.3 is 0 Å². The van der Waals surface area contributed by atoms with Crippen LogP contribution >= 0.6 is 0 Å². The third-order valence-corrected chi connectivity index (χ3v) is 3.81. The van der Waals surface area contributed by atoms with Gasteiger partial charge in [0.25, 0.3) is 0 Å². The van der Waals surface area contributed by atoms with Crippen LogP contribution in [0.3, 0.4) is 0 Å². The van der Waals surface area contributed by atoms with Gasteiger partial charge in [-0.25, -0.2) is 0 Å². The summed E-state index contributed by atoms with van der Waals surface area (Å²) in [5.74, 6) is 5.74. The van der Waals surface area contributed by atoms with Gasteiger partial charge in [0.05, 0.1) is 0 Å². The molecular formula is C10H18. The zero-order valence-electron chi connectivity index (χ0n) is 7.30. The Hall–Kier alpha value is 0. The molecule has 0 aliphatic heterocycles. The first-order valence-electron chi connectivity index (χ1n) is 4.81. The van der Waals surface area contributed by atoms with Crippen molar-refractivity contribution >= 4 is 0 Å². The lowest BCUT2D eigenvalue weighted by atomic mass is 9.90. The van der Waals surface area contributed by atoms with Crippen molar-refractivity contribution in [3.8, 4) is 0 Å². The molecule has 0 radical (unpaired) electrons. The van der Waals surface area contributed by atoms with Gasteiger partial charge in [-0.3, -0.25) is 0 Å². The van der Waals surface area contributed by atoms with Crippen LogP contribution in [0.1, 0.15) is 33.6 Å². The van der Waals surface area contributed by atoms with E-state index in [9.17, 15) is 0 Å². The molecule has 10 heavy (non-hydrogen) atoms. The van der Waals surface area contributed by atoms with E-state index in [4.69, 9.17) is 0 Å². The molecule has 0 saturated heterocycles. The molecule has 0 amide bonds. The summed E-state index contributed by atoms with van der Waals surface area (Å²) < 4.78 is 0. The highest BCUT2D eigenvalue weighted by atomic mass is 14.8. The largest absolute Gasteiger partial charge is 0.0651 e. The van der Waals surface area contributed by atoms with E-state index in [1.165, 1.54) is 30.6 Å². The minimum Gasteiger partial charge on any atom is -0.0651 e. The first-order chi connectivity index (χ1) is 4.81. The van der Waals surface area contributed by atoms with Crippen molar-refractivity contribution in [3.05, 3.63) is 0 Å². The monoisotopic (exact) mass is 138 g/mol. The SMILES string of the molecule is CCC(C)C1C2C(CC)C12. The Bertz CT molecular complexity index is 129. The average Bonchev–Trinajstić information content (AvgIpc) is 2.74. The summed E-state index contributed by atoms with van der Waals surface area (Å²) in [6.45, 7) is 7.08. The molecule has 2 fully saturated rings. The summed E-state index contributed by atoms with van der Waals surface area (Å²) in [5, 5.41) is 0. The van der Waals surface area contributed by atoms with Crippen molar-refractivity contribution in [2.45, 2.75) is 33.6 Å². The molecule has 0 spiro atoms. The van der Waals surface area contributed by atoms with E-state index in [0.717, 1.165) is 11.8 Å². The topological polar surface area (TPSA) is 0 Å². The first-order valence-corrected chi connectivity index (χ1v) is 4.81. The molecule has 0 aromatic carbocycles. The molecule has 3 atom stereocenters. The van der Waals surface area contributed by atoms with Crippen molar-refractivity contribution in [1.29, 1.82) is 0 Å². The molecule has 3 unspecified atom stereocenters. The Morgan fingerprint density at radius 2 is 1.80 bits per heavy atom. The Labute approximate surface area is 64.0 Å². The second-order valence-electron chi connectivity index (χ2n) is 4.19. The quantitative estimate of drug-likeness (QED) is 0.562. The fraction of sp³-hybridized carbons (Fsp3) is 1.00. The normalized spacial score (nSPS) is 51.9. The fourth-order valence-electron chi connectivity index (χ4n) is 2.81. The predicted molar refractivity (Wildman–Crippen MR) is 43.7 cm³/mol. The smallest absolute Gasteiger partial charge is 0.0315 e. The minimum atomic E-state index is 1.03. The van der Waals surface area contributed by atoms with E-state index >= 15 is 0 Å². The van der Waals surface area contributed by atoms with Crippen molar-refractivity contribution in [3.63, 3.8) is 0 Å². The lowest BCUT2D eigenvalue weighted by molar-refractivity contribution is 0.341. The molecule has 0 N–H and O–H groups in total. The molecule has 0 aromatic rings. The van der Waals surface area contributed by atoms with Crippen LogP contribution in [0.25, 0.3) is 0 Å². The second kappa shape index (κ2) is 1.99. The van der Waals surface area contributed by atoms with Crippen LogP contribution in [-0.2, 0) is 0 Å². The van der Waals surface area contributed by atoms with Crippen LogP contribution in [0.4, 0.5) is 0 Å². The highest BCUT2D eigenvalue weighted by molar-refractivity contribution is 5.19. The molecular weight excluding hydrogens is 120 g/mol. The summed E-state index contributed by atoms with van der Waals surface area (Å²) in [5.41, 5.74) is 0. The van der Waals surface area contributed by atoms with Gasteiger partial charge in [0, 0.05) is 0 Å². The van der Waals surface area contributed by atoms with E-state index in [1.54, 1.807) is 0 Å². The van der Waals surface area contributed by atoms with Crippen LogP contribution in [0.2, 0.25) is 0 Å². The Morgan fingerprint density at radius 3 is 2.20 bits per heavy atom. The molecule has 2 aliphatic carbocycles. The average molecular weight is 138 g/mol. The van der Waals surface area contributed by atoms with Crippen LogP contribution in [0.5, 0.6) is 0 Å². The summed E-state index contributed by atoms with van der Waals surface area (Å²) in [6.07, 6.45) is 2.84. The van der Waals surface area contributed by atoms with Crippen LogP contribution in [0.15, 0.2) is 0 Å². The molecule has 0 heterocycles. The molecule has 0 heteroatoms. The van der Waals surface area contributed by atoms with Crippen LogP contribution in [0, 0.1) is 29.6 Å². The molecule has 0 bridgehead atoms. The summed E-state index contributed by atoms with van der Waals surface area (Å²) in [4.78, 5) is 0. The highest BCUT2D eigenvalue weighted by Gasteiger charge is 2.72. The molecule has 0 nitrogen and oxygen atoms in total. The maximum atomic E-state index is 2.42. The number of hydrogen-bond donors (Lipinski definition) is 0. The number of fused-ring (bicyclic) bond motifs is 1. The molecule has 2 aliphatic rings. The Morgan fingerprint density at radius 1 is 1.20 bits per heavy atom. The molecule has 58 valence electrons. The van der Waals surface area contributed by atoms with Crippen molar-refractivity contribution in [2.24, 2.45) is 29.6 Å². The molecule has 2 saturated carbocycles. The minimum absolute atomic E-state index is 1.03. The summed E-state index contributed by atoms with van der Waals surface area (Å²) >= 11 is 0. The van der Waals surface area contributed by atoms with Crippen LogP contribution < -0.4 is 0 Å². The lowest BCUT2D eigenvalue weighted by Crippen LogP contribution is -2.08. The number of rotatable bonds is 3. The van der Waals surface area contributed by atoms with Crippen molar-refractivity contribution < 1.29 is 0 Å². The van der Waals surface area contributed by atoms with Crippen LogP contribution in [-0.4, -0.2) is 0 Å². The Balaban J connectivity index is 1.76. The first kappa shape index (κ1) is 6.69. The maximum absolute atomic E-state index is 2.42. The Kier molecular flexibility index (Phi) is 1.33. The second-order valence-corrected chi connectivity index (χ2v) is 4.19. The molecule has 0 aromatic heterocycles. The number of hydrogen-bond acceptors (Lipinski definition) is 0. The fourth-order valence-corrected chi connectivity index (χ4v) is 2.81. The van der Waals surface area contributed by atoms with Gasteiger partial charge in [-0.2, -0.15) is 0 Å². The van der Waals surface area contributed by atoms with Gasteiger partial charge in [0.2, 0.25) is 0 Å². The van der Waals surface area contributed by atoms with Gasteiger partial charge < -0.3 is 0 Å². The van der Waals surface area contributed by atoms with Gasteiger partial charge in [-0.15, -0.1) is 0 Å².